The van der Waals surface area contributed by atoms with Crippen LogP contribution in [0.2, 0.25) is 0 Å². The molecule has 2 aliphatic heterocycles. The summed E-state index contributed by atoms with van der Waals surface area (Å²) in [5, 5.41) is 12.4. The lowest BCUT2D eigenvalue weighted by Gasteiger charge is -2.61. The molecule has 0 aromatic heterocycles. The summed E-state index contributed by atoms with van der Waals surface area (Å²) >= 11 is 0. The summed E-state index contributed by atoms with van der Waals surface area (Å²) < 4.78 is 34.7. The number of allylic oxidation sites excluding steroid dienone is 9. The first-order chi connectivity index (χ1) is 27.6. The summed E-state index contributed by atoms with van der Waals surface area (Å²) in [6, 6.07) is 4.89. The molecular weight excluding hydrogens is 737 g/mol. The summed E-state index contributed by atoms with van der Waals surface area (Å²) in [5.74, 6) is -1.45. The number of carbonyl (C=O) groups excluding carboxylic acids is 3. The molecule has 2 saturated heterocycles. The Morgan fingerprint density at radius 1 is 0.724 bits per heavy atom. The highest BCUT2D eigenvalue weighted by molar-refractivity contribution is 6.41. The van der Waals surface area contributed by atoms with E-state index in [0.717, 1.165) is 22.3 Å². The largest absolute Gasteiger partial charge is 0.506 e. The minimum atomic E-state index is -1.61. The second-order valence-corrected chi connectivity index (χ2v) is 17.6. The number of hydrogen-bond donors (Lipinski definition) is 1. The van der Waals surface area contributed by atoms with Crippen LogP contribution in [0.15, 0.2) is 70.4 Å². The molecule has 2 saturated carbocycles. The zero-order valence-corrected chi connectivity index (χ0v) is 36.3. The fourth-order valence-electron chi connectivity index (χ4n) is 9.02. The van der Waals surface area contributed by atoms with Crippen LogP contribution in [0.25, 0.3) is 5.76 Å². The van der Waals surface area contributed by atoms with Crippen molar-refractivity contribution < 1.29 is 47.9 Å². The minimum absolute atomic E-state index is 0.130. The van der Waals surface area contributed by atoms with Gasteiger partial charge in [-0.05, 0) is 123 Å². The predicted molar refractivity (Wildman–Crippen MR) is 225 cm³/mol. The molecule has 5 rings (SSSR count). The third-order valence-corrected chi connectivity index (χ3v) is 12.3. The molecule has 4 atom stereocenters. The summed E-state index contributed by atoms with van der Waals surface area (Å²) in [6.07, 6.45) is 10.8. The molecule has 0 spiro atoms. The van der Waals surface area contributed by atoms with Gasteiger partial charge in [0.2, 0.25) is 0 Å². The molecule has 4 fully saturated rings. The van der Waals surface area contributed by atoms with Crippen molar-refractivity contribution in [2.45, 2.75) is 126 Å². The highest BCUT2D eigenvalue weighted by Gasteiger charge is 2.74. The molecule has 1 aromatic rings. The number of ketones is 3. The van der Waals surface area contributed by atoms with Crippen LogP contribution in [0.4, 0.5) is 0 Å². The van der Waals surface area contributed by atoms with E-state index in [-0.39, 0.29) is 61.6 Å². The van der Waals surface area contributed by atoms with Gasteiger partial charge in [-0.25, -0.2) is 0 Å². The number of hydrogen-bond acceptors (Lipinski definition) is 10. The van der Waals surface area contributed by atoms with E-state index >= 15 is 14.4 Å². The molecule has 1 N–H and O–H groups in total. The summed E-state index contributed by atoms with van der Waals surface area (Å²) in [7, 11) is 0. The van der Waals surface area contributed by atoms with Crippen LogP contribution >= 0.6 is 0 Å². The Kier molecular flexibility index (Phi) is 15.2. The van der Waals surface area contributed by atoms with E-state index in [9.17, 15) is 5.11 Å². The Bertz CT molecular complexity index is 1820. The lowest BCUT2D eigenvalue weighted by molar-refractivity contribution is -0.178. The molecule has 0 unspecified atom stereocenters. The van der Waals surface area contributed by atoms with Crippen LogP contribution in [0.3, 0.4) is 0 Å². The number of Topliss-reactive ketones (excluding diaryl/α,β-unsaturated/α-hetero) is 3. The Morgan fingerprint density at radius 2 is 1.26 bits per heavy atom. The molecule has 1 aromatic carbocycles. The SMILES string of the molecule is CC(C)=CCC[C@@]1(C)[C@H](CC=C(C)C)C[C@]2(CC=C(C)C)C(=O)/C(=C(\O)c3ccc(OCCC4OCCO4)c(OCCC4OCCO4)c3)C(=O)[C@@]1(CC=C(C)C)C2=O. The van der Waals surface area contributed by atoms with E-state index < -0.39 is 39.9 Å². The van der Waals surface area contributed by atoms with E-state index in [1.54, 1.807) is 18.2 Å². The maximum Gasteiger partial charge on any atom is 0.184 e. The standard InChI is InChI=1S/C48H66O10/c1-31(2)11-10-20-46(9)36(14-12-32(3)4)30-47(21-16-33(5)6)43(50)41(44(51)48(46,45(47)52)22-17-34(7)8)42(49)35-13-15-37(53-23-18-39-55-25-26-56-39)38(29-35)54-24-19-40-57-27-28-58-40/h11-13,15-17,29,36,39-40,49H,10,14,18-28,30H2,1-9H3/b42-41+/t36-,46+,47-,48+/m1/s1. The van der Waals surface area contributed by atoms with Gasteiger partial charge in [0, 0.05) is 18.4 Å². The summed E-state index contributed by atoms with van der Waals surface area (Å²) in [4.78, 5) is 46.6. The number of rotatable bonds is 18. The van der Waals surface area contributed by atoms with Crippen molar-refractivity contribution in [3.8, 4) is 11.5 Å². The van der Waals surface area contributed by atoms with Crippen molar-refractivity contribution in [1.82, 2.24) is 0 Å². The van der Waals surface area contributed by atoms with E-state index in [1.165, 1.54) is 0 Å². The molecule has 10 heteroatoms. The van der Waals surface area contributed by atoms with Crippen molar-refractivity contribution >= 4 is 23.1 Å². The molecular formula is C48H66O10. The van der Waals surface area contributed by atoms with Crippen molar-refractivity contribution in [3.63, 3.8) is 0 Å². The maximum atomic E-state index is 15.7. The number of ether oxygens (including phenoxy) is 6. The Balaban J connectivity index is 1.68. The molecule has 318 valence electrons. The zero-order chi connectivity index (χ0) is 42.3. The number of carbonyl (C=O) groups is 3. The van der Waals surface area contributed by atoms with Gasteiger partial charge in [-0.3, -0.25) is 14.4 Å². The lowest BCUT2D eigenvalue weighted by atomic mass is 9.37. The number of fused-ring (bicyclic) bond motifs is 2. The minimum Gasteiger partial charge on any atom is -0.506 e. The van der Waals surface area contributed by atoms with Gasteiger partial charge < -0.3 is 33.5 Å². The van der Waals surface area contributed by atoms with E-state index in [0.29, 0.717) is 70.0 Å². The van der Waals surface area contributed by atoms with Crippen LogP contribution in [-0.4, -0.2) is 74.7 Å². The molecule has 10 nitrogen and oxygen atoms in total. The number of benzene rings is 1. The smallest absolute Gasteiger partial charge is 0.184 e. The third kappa shape index (κ3) is 9.62. The first kappa shape index (κ1) is 45.3. The molecule has 0 radical (unpaired) electrons. The van der Waals surface area contributed by atoms with E-state index in [1.807, 2.05) is 67.5 Å². The van der Waals surface area contributed by atoms with Gasteiger partial charge in [-0.15, -0.1) is 0 Å². The number of aliphatic hydroxyl groups excluding tert-OH is 1. The molecule has 0 amide bonds. The Hall–Kier alpha value is -3.83. The van der Waals surface area contributed by atoms with Crippen LogP contribution in [0.5, 0.6) is 11.5 Å². The topological polar surface area (TPSA) is 127 Å². The van der Waals surface area contributed by atoms with Crippen molar-refractivity contribution in [1.29, 1.82) is 0 Å². The van der Waals surface area contributed by atoms with Gasteiger partial charge in [0.25, 0.3) is 0 Å². The summed E-state index contributed by atoms with van der Waals surface area (Å²) in [6.45, 7) is 20.7. The monoisotopic (exact) mass is 802 g/mol. The van der Waals surface area contributed by atoms with Gasteiger partial charge in [0.05, 0.1) is 45.1 Å². The molecule has 2 heterocycles. The fourth-order valence-corrected chi connectivity index (χ4v) is 9.02. The average Bonchev–Trinajstić information content (AvgIpc) is 3.89. The second kappa shape index (κ2) is 19.5. The van der Waals surface area contributed by atoms with Gasteiger partial charge in [0.15, 0.2) is 41.4 Å². The highest BCUT2D eigenvalue weighted by Crippen LogP contribution is 2.67. The van der Waals surface area contributed by atoms with E-state index in [2.05, 4.69) is 19.1 Å². The molecule has 4 aliphatic rings. The fraction of sp³-hybridized carbons (Fsp3) is 0.604. The van der Waals surface area contributed by atoms with Crippen LogP contribution in [0.1, 0.15) is 119 Å². The maximum absolute atomic E-state index is 15.7. The van der Waals surface area contributed by atoms with Crippen molar-refractivity contribution in [2.24, 2.45) is 22.2 Å². The van der Waals surface area contributed by atoms with Crippen molar-refractivity contribution in [2.75, 3.05) is 39.6 Å². The first-order valence-electron chi connectivity index (χ1n) is 21.0. The van der Waals surface area contributed by atoms with Crippen LogP contribution < -0.4 is 9.47 Å². The molecule has 2 bridgehead atoms. The van der Waals surface area contributed by atoms with Gasteiger partial charge in [0.1, 0.15) is 16.7 Å². The van der Waals surface area contributed by atoms with E-state index in [4.69, 9.17) is 28.4 Å². The Morgan fingerprint density at radius 3 is 1.81 bits per heavy atom. The predicted octanol–water partition coefficient (Wildman–Crippen LogP) is 9.77. The van der Waals surface area contributed by atoms with Crippen molar-refractivity contribution in [3.05, 3.63) is 75.9 Å². The summed E-state index contributed by atoms with van der Waals surface area (Å²) in [5.41, 5.74) is 0.0975. The first-order valence-corrected chi connectivity index (χ1v) is 21.0. The second-order valence-electron chi connectivity index (χ2n) is 17.6. The van der Waals surface area contributed by atoms with Crippen LogP contribution in [0, 0.1) is 22.2 Å². The zero-order valence-electron chi connectivity index (χ0n) is 36.3. The van der Waals surface area contributed by atoms with Gasteiger partial charge in [-0.2, -0.15) is 0 Å². The highest BCUT2D eigenvalue weighted by atomic mass is 16.7. The normalized spacial score (nSPS) is 27.0. The number of aliphatic hydroxyl groups is 1. The molecule has 2 aliphatic carbocycles. The van der Waals surface area contributed by atoms with Crippen LogP contribution in [-0.2, 0) is 33.3 Å². The van der Waals surface area contributed by atoms with Gasteiger partial charge in [-0.1, -0.05) is 53.5 Å². The lowest BCUT2D eigenvalue weighted by Crippen LogP contribution is -2.70. The third-order valence-electron chi connectivity index (χ3n) is 12.3. The quantitative estimate of drug-likeness (QED) is 0.0504. The Labute approximate surface area is 345 Å². The average molecular weight is 803 g/mol. The molecule has 58 heavy (non-hydrogen) atoms. The van der Waals surface area contributed by atoms with Gasteiger partial charge >= 0.3 is 0 Å².